The van der Waals surface area contributed by atoms with Crippen molar-refractivity contribution in [3.8, 4) is 0 Å². The lowest BCUT2D eigenvalue weighted by atomic mass is 9.93. The van der Waals surface area contributed by atoms with Gasteiger partial charge in [-0.3, -0.25) is 4.98 Å². The van der Waals surface area contributed by atoms with Gasteiger partial charge in [-0.15, -0.1) is 5.10 Å². The van der Waals surface area contributed by atoms with Crippen LogP contribution in [0.15, 0.2) is 43.1 Å². The standard InChI is InChI=1S/C22H26N8/c1-22(2,3)18-14-30-19(26-18)5-6-20(27-30)28-9-4-10-29(12-11-28)21-16-7-8-23-13-17(16)24-15-25-21/h5-8,13-15H,4,9-12H2,1-3H3. The molecule has 5 rings (SSSR count). The SMILES string of the molecule is CC(C)(C)c1cn2nc(N3CCCN(c4ncnc5cnccc45)CC3)ccc2n1. The molecule has 1 aliphatic rings. The van der Waals surface area contributed by atoms with Crippen molar-refractivity contribution in [2.24, 2.45) is 0 Å². The van der Waals surface area contributed by atoms with Gasteiger partial charge in [-0.1, -0.05) is 20.8 Å². The van der Waals surface area contributed by atoms with Gasteiger partial charge in [0.25, 0.3) is 0 Å². The second-order valence-corrected chi connectivity index (χ2v) is 8.79. The first-order chi connectivity index (χ1) is 14.5. The van der Waals surface area contributed by atoms with E-state index in [1.807, 2.05) is 16.8 Å². The maximum absolute atomic E-state index is 4.85. The number of fused-ring (bicyclic) bond motifs is 2. The second kappa shape index (κ2) is 7.19. The lowest BCUT2D eigenvalue weighted by Crippen LogP contribution is -2.32. The molecule has 0 atom stereocenters. The number of aromatic nitrogens is 6. The number of imidazole rings is 1. The normalized spacial score (nSPS) is 15.7. The van der Waals surface area contributed by atoms with Gasteiger partial charge in [0.05, 0.1) is 23.6 Å². The summed E-state index contributed by atoms with van der Waals surface area (Å²) in [6.45, 7) is 10.2. The summed E-state index contributed by atoms with van der Waals surface area (Å²) < 4.78 is 1.91. The Balaban J connectivity index is 1.39. The molecule has 4 aromatic heterocycles. The maximum Gasteiger partial charge on any atom is 0.153 e. The fraction of sp³-hybridized carbons (Fsp3) is 0.409. The summed E-state index contributed by atoms with van der Waals surface area (Å²) in [6.07, 6.45) is 8.30. The van der Waals surface area contributed by atoms with Gasteiger partial charge in [-0.05, 0) is 24.6 Å². The van der Waals surface area contributed by atoms with Gasteiger partial charge in [0.2, 0.25) is 0 Å². The third kappa shape index (κ3) is 3.42. The minimum atomic E-state index is 0.00675. The van der Waals surface area contributed by atoms with Crippen LogP contribution in [0.3, 0.4) is 0 Å². The fourth-order valence-electron chi connectivity index (χ4n) is 3.91. The molecule has 8 heteroatoms. The van der Waals surface area contributed by atoms with Crippen LogP contribution in [0.5, 0.6) is 0 Å². The number of hydrogen-bond acceptors (Lipinski definition) is 7. The van der Waals surface area contributed by atoms with E-state index in [0.717, 1.165) is 66.5 Å². The molecule has 0 radical (unpaired) electrons. The lowest BCUT2D eigenvalue weighted by Gasteiger charge is -2.24. The van der Waals surface area contributed by atoms with Crippen molar-refractivity contribution < 1.29 is 0 Å². The van der Waals surface area contributed by atoms with Gasteiger partial charge >= 0.3 is 0 Å². The van der Waals surface area contributed by atoms with E-state index in [1.54, 1.807) is 18.7 Å². The molecule has 0 aliphatic carbocycles. The molecule has 0 saturated carbocycles. The molecule has 1 aliphatic heterocycles. The zero-order valence-corrected chi connectivity index (χ0v) is 17.7. The van der Waals surface area contributed by atoms with Crippen LogP contribution in [0.1, 0.15) is 32.9 Å². The molecule has 4 aromatic rings. The Bertz CT molecular complexity index is 1190. The van der Waals surface area contributed by atoms with Crippen LogP contribution in [-0.2, 0) is 5.41 Å². The van der Waals surface area contributed by atoms with Gasteiger partial charge in [0.15, 0.2) is 5.65 Å². The number of rotatable bonds is 2. The summed E-state index contributed by atoms with van der Waals surface area (Å²) in [4.78, 5) is 22.5. The first kappa shape index (κ1) is 18.7. The van der Waals surface area contributed by atoms with E-state index < -0.39 is 0 Å². The molecular formula is C22H26N8. The third-order valence-electron chi connectivity index (χ3n) is 5.61. The predicted molar refractivity (Wildman–Crippen MR) is 118 cm³/mol. The van der Waals surface area contributed by atoms with Gasteiger partial charge in [-0.2, -0.15) is 0 Å². The minimum absolute atomic E-state index is 0.00675. The van der Waals surface area contributed by atoms with E-state index in [0.29, 0.717) is 0 Å². The summed E-state index contributed by atoms with van der Waals surface area (Å²) in [6, 6.07) is 6.13. The van der Waals surface area contributed by atoms with Crippen molar-refractivity contribution in [1.29, 1.82) is 0 Å². The first-order valence-electron chi connectivity index (χ1n) is 10.4. The zero-order chi connectivity index (χ0) is 20.7. The molecule has 1 fully saturated rings. The van der Waals surface area contributed by atoms with E-state index in [4.69, 9.17) is 10.1 Å². The Morgan fingerprint density at radius 1 is 0.933 bits per heavy atom. The highest BCUT2D eigenvalue weighted by molar-refractivity contribution is 5.88. The minimum Gasteiger partial charge on any atom is -0.354 e. The van der Waals surface area contributed by atoms with E-state index in [1.165, 1.54) is 0 Å². The summed E-state index contributed by atoms with van der Waals surface area (Å²) in [5.74, 6) is 1.97. The summed E-state index contributed by atoms with van der Waals surface area (Å²) >= 11 is 0. The molecule has 0 N–H and O–H groups in total. The highest BCUT2D eigenvalue weighted by Gasteiger charge is 2.21. The first-order valence-corrected chi connectivity index (χ1v) is 10.4. The lowest BCUT2D eigenvalue weighted by molar-refractivity contribution is 0.572. The molecule has 154 valence electrons. The molecule has 1 saturated heterocycles. The predicted octanol–water partition coefficient (Wildman–Crippen LogP) is 3.08. The Morgan fingerprint density at radius 3 is 2.63 bits per heavy atom. The molecule has 0 spiro atoms. The molecular weight excluding hydrogens is 376 g/mol. The van der Waals surface area contributed by atoms with Crippen molar-refractivity contribution >= 4 is 28.2 Å². The van der Waals surface area contributed by atoms with Crippen LogP contribution >= 0.6 is 0 Å². The molecule has 5 heterocycles. The van der Waals surface area contributed by atoms with Gasteiger partial charge in [0, 0.05) is 43.2 Å². The van der Waals surface area contributed by atoms with Crippen molar-refractivity contribution in [3.63, 3.8) is 0 Å². The van der Waals surface area contributed by atoms with E-state index in [-0.39, 0.29) is 5.41 Å². The number of nitrogens with zero attached hydrogens (tertiary/aromatic N) is 8. The van der Waals surface area contributed by atoms with E-state index in [9.17, 15) is 0 Å². The van der Waals surface area contributed by atoms with Gasteiger partial charge in [-0.25, -0.2) is 19.5 Å². The fourth-order valence-corrected chi connectivity index (χ4v) is 3.91. The summed E-state index contributed by atoms with van der Waals surface area (Å²) in [7, 11) is 0. The Hall–Kier alpha value is -3.29. The van der Waals surface area contributed by atoms with Crippen LogP contribution in [0.4, 0.5) is 11.6 Å². The molecule has 0 unspecified atom stereocenters. The largest absolute Gasteiger partial charge is 0.354 e. The quantitative estimate of drug-likeness (QED) is 0.510. The highest BCUT2D eigenvalue weighted by Crippen LogP contribution is 2.25. The van der Waals surface area contributed by atoms with Crippen LogP contribution in [0.2, 0.25) is 0 Å². The summed E-state index contributed by atoms with van der Waals surface area (Å²) in [5.41, 5.74) is 2.83. The van der Waals surface area contributed by atoms with Crippen LogP contribution in [0, 0.1) is 0 Å². The second-order valence-electron chi connectivity index (χ2n) is 8.79. The molecule has 0 amide bonds. The molecule has 0 aromatic carbocycles. The monoisotopic (exact) mass is 402 g/mol. The maximum atomic E-state index is 4.85. The van der Waals surface area contributed by atoms with Crippen molar-refractivity contribution in [1.82, 2.24) is 29.5 Å². The smallest absolute Gasteiger partial charge is 0.153 e. The van der Waals surface area contributed by atoms with Crippen LogP contribution in [-0.4, -0.2) is 55.7 Å². The van der Waals surface area contributed by atoms with Crippen molar-refractivity contribution in [3.05, 3.63) is 48.8 Å². The highest BCUT2D eigenvalue weighted by atomic mass is 15.3. The Kier molecular flexibility index (Phi) is 4.49. The van der Waals surface area contributed by atoms with Crippen LogP contribution < -0.4 is 9.80 Å². The summed E-state index contributed by atoms with van der Waals surface area (Å²) in [5, 5.41) is 5.90. The molecule has 30 heavy (non-hydrogen) atoms. The average Bonchev–Trinajstić information content (AvgIpc) is 3.03. The Labute approximate surface area is 175 Å². The van der Waals surface area contributed by atoms with E-state index in [2.05, 4.69) is 57.7 Å². The Morgan fingerprint density at radius 2 is 1.77 bits per heavy atom. The van der Waals surface area contributed by atoms with Gasteiger partial charge in [0.1, 0.15) is 18.0 Å². The topological polar surface area (TPSA) is 75.3 Å². The molecule has 8 nitrogen and oxygen atoms in total. The third-order valence-corrected chi connectivity index (χ3v) is 5.61. The van der Waals surface area contributed by atoms with Gasteiger partial charge < -0.3 is 9.80 Å². The number of pyridine rings is 1. The van der Waals surface area contributed by atoms with Crippen molar-refractivity contribution in [2.75, 3.05) is 36.0 Å². The van der Waals surface area contributed by atoms with E-state index >= 15 is 0 Å². The van der Waals surface area contributed by atoms with Crippen molar-refractivity contribution in [2.45, 2.75) is 32.6 Å². The van der Waals surface area contributed by atoms with Crippen LogP contribution in [0.25, 0.3) is 16.6 Å². The number of anilines is 2. The average molecular weight is 403 g/mol. The number of hydrogen-bond donors (Lipinski definition) is 0. The molecule has 0 bridgehead atoms. The zero-order valence-electron chi connectivity index (χ0n) is 17.7.